The van der Waals surface area contributed by atoms with Gasteiger partial charge in [0.2, 0.25) is 0 Å². The molecule has 0 spiro atoms. The van der Waals surface area contributed by atoms with Gasteiger partial charge in [-0.2, -0.15) is 0 Å². The number of aromatic nitrogens is 2. The van der Waals surface area contributed by atoms with Gasteiger partial charge in [0.05, 0.1) is 0 Å². The van der Waals surface area contributed by atoms with Crippen molar-refractivity contribution in [3.05, 3.63) is 22.2 Å². The minimum atomic E-state index is 0.899. The van der Waals surface area contributed by atoms with Crippen molar-refractivity contribution in [1.82, 2.24) is 9.97 Å². The molecule has 0 saturated heterocycles. The van der Waals surface area contributed by atoms with Crippen LogP contribution < -0.4 is 0 Å². The van der Waals surface area contributed by atoms with Gasteiger partial charge in [-0.05, 0) is 28.4 Å². The highest BCUT2D eigenvalue weighted by atomic mass is 79.9. The molecule has 1 heterocycles. The van der Waals surface area contributed by atoms with Crippen molar-refractivity contribution in [3.8, 4) is 0 Å². The van der Waals surface area contributed by atoms with Crippen molar-refractivity contribution in [2.75, 3.05) is 0 Å². The van der Waals surface area contributed by atoms with Crippen molar-refractivity contribution >= 4 is 15.9 Å². The van der Waals surface area contributed by atoms with Crippen molar-refractivity contribution in [3.63, 3.8) is 0 Å². The van der Waals surface area contributed by atoms with Gasteiger partial charge in [-0.1, -0.05) is 20.3 Å². The first-order valence-corrected chi connectivity index (χ1v) is 5.08. The molecule has 1 aromatic heterocycles. The van der Waals surface area contributed by atoms with Gasteiger partial charge in [0.1, 0.15) is 10.4 Å². The highest BCUT2D eigenvalue weighted by Crippen LogP contribution is 2.09. The van der Waals surface area contributed by atoms with E-state index in [-0.39, 0.29) is 0 Å². The molecule has 0 amide bonds. The van der Waals surface area contributed by atoms with E-state index in [1.807, 2.05) is 6.07 Å². The van der Waals surface area contributed by atoms with Crippen molar-refractivity contribution < 1.29 is 0 Å². The Kier molecular flexibility index (Phi) is 3.66. The van der Waals surface area contributed by atoms with Gasteiger partial charge in [0.25, 0.3) is 0 Å². The molecular weight excluding hydrogens is 216 g/mol. The lowest BCUT2D eigenvalue weighted by molar-refractivity contribution is 0.827. The summed E-state index contributed by atoms with van der Waals surface area (Å²) < 4.78 is 0.901. The van der Waals surface area contributed by atoms with Crippen LogP contribution in [0.15, 0.2) is 10.7 Å². The van der Waals surface area contributed by atoms with E-state index in [1.54, 1.807) is 0 Å². The minimum Gasteiger partial charge on any atom is -0.238 e. The predicted molar refractivity (Wildman–Crippen MR) is 53.1 cm³/mol. The molecule has 0 aliphatic rings. The molecule has 0 fully saturated rings. The van der Waals surface area contributed by atoms with Crippen LogP contribution in [0.1, 0.15) is 31.8 Å². The molecule has 3 heteroatoms. The molecule has 0 aliphatic carbocycles. The van der Waals surface area contributed by atoms with E-state index in [1.165, 1.54) is 0 Å². The number of hydrogen-bond donors (Lipinski definition) is 0. The van der Waals surface area contributed by atoms with Gasteiger partial charge in [-0.3, -0.25) is 0 Å². The standard InChI is InChI=1S/C9H13BrN2/c1-3-5-7-6-8(10)12-9(4-2)11-7/h6H,3-5H2,1-2H3. The van der Waals surface area contributed by atoms with E-state index in [0.717, 1.165) is 35.4 Å². The molecule has 0 aliphatic heterocycles. The molecular formula is C9H13BrN2. The monoisotopic (exact) mass is 228 g/mol. The van der Waals surface area contributed by atoms with Crippen LogP contribution in [0.5, 0.6) is 0 Å². The van der Waals surface area contributed by atoms with Crippen molar-refractivity contribution in [1.29, 1.82) is 0 Å². The average Bonchev–Trinajstić information content (AvgIpc) is 2.04. The van der Waals surface area contributed by atoms with Crippen LogP contribution in [0.25, 0.3) is 0 Å². The van der Waals surface area contributed by atoms with Crippen molar-refractivity contribution in [2.45, 2.75) is 33.1 Å². The third-order valence-corrected chi connectivity index (χ3v) is 2.02. The first kappa shape index (κ1) is 9.65. The zero-order chi connectivity index (χ0) is 8.97. The van der Waals surface area contributed by atoms with Crippen LogP contribution in [0, 0.1) is 0 Å². The van der Waals surface area contributed by atoms with Crippen LogP contribution >= 0.6 is 15.9 Å². The van der Waals surface area contributed by atoms with E-state index < -0.39 is 0 Å². The van der Waals surface area contributed by atoms with Gasteiger partial charge in [0, 0.05) is 12.1 Å². The summed E-state index contributed by atoms with van der Waals surface area (Å²) in [6, 6.07) is 1.99. The maximum absolute atomic E-state index is 4.40. The zero-order valence-corrected chi connectivity index (χ0v) is 9.06. The van der Waals surface area contributed by atoms with Gasteiger partial charge >= 0.3 is 0 Å². The summed E-state index contributed by atoms with van der Waals surface area (Å²) in [6.45, 7) is 4.22. The third kappa shape index (κ3) is 2.55. The largest absolute Gasteiger partial charge is 0.238 e. The van der Waals surface area contributed by atoms with Crippen LogP contribution in [-0.4, -0.2) is 9.97 Å². The normalized spacial score (nSPS) is 10.2. The van der Waals surface area contributed by atoms with Crippen LogP contribution in [0.4, 0.5) is 0 Å². The molecule has 0 aromatic carbocycles. The van der Waals surface area contributed by atoms with E-state index >= 15 is 0 Å². The molecule has 0 bridgehead atoms. The lowest BCUT2D eigenvalue weighted by Crippen LogP contribution is -1.98. The van der Waals surface area contributed by atoms with Crippen LogP contribution in [-0.2, 0) is 12.8 Å². The fraction of sp³-hybridized carbons (Fsp3) is 0.556. The number of aryl methyl sites for hydroxylation is 2. The second kappa shape index (κ2) is 4.55. The van der Waals surface area contributed by atoms with E-state index in [9.17, 15) is 0 Å². The van der Waals surface area contributed by atoms with Crippen LogP contribution in [0.3, 0.4) is 0 Å². The topological polar surface area (TPSA) is 25.8 Å². The predicted octanol–water partition coefficient (Wildman–Crippen LogP) is 2.75. The summed E-state index contributed by atoms with van der Waals surface area (Å²) in [5.74, 6) is 0.924. The molecule has 0 radical (unpaired) electrons. The quantitative estimate of drug-likeness (QED) is 0.744. The van der Waals surface area contributed by atoms with Gasteiger partial charge in [-0.15, -0.1) is 0 Å². The summed E-state index contributed by atoms with van der Waals surface area (Å²) in [5.41, 5.74) is 1.14. The molecule has 0 saturated carbocycles. The second-order valence-electron chi connectivity index (χ2n) is 2.70. The Morgan fingerprint density at radius 3 is 2.67 bits per heavy atom. The number of halogens is 1. The summed E-state index contributed by atoms with van der Waals surface area (Å²) in [5, 5.41) is 0. The Hall–Kier alpha value is -0.440. The second-order valence-corrected chi connectivity index (χ2v) is 3.51. The minimum absolute atomic E-state index is 0.899. The van der Waals surface area contributed by atoms with Crippen LogP contribution in [0.2, 0.25) is 0 Å². The Morgan fingerprint density at radius 2 is 2.08 bits per heavy atom. The lowest BCUT2D eigenvalue weighted by Gasteiger charge is -2.01. The fourth-order valence-corrected chi connectivity index (χ4v) is 1.53. The molecule has 0 atom stereocenters. The SMILES string of the molecule is CCCc1cc(Br)nc(CC)n1. The smallest absolute Gasteiger partial charge is 0.129 e. The lowest BCUT2D eigenvalue weighted by atomic mass is 10.2. The molecule has 1 aromatic rings. The average molecular weight is 229 g/mol. The maximum atomic E-state index is 4.40. The summed E-state index contributed by atoms with van der Waals surface area (Å²) >= 11 is 3.37. The number of rotatable bonds is 3. The zero-order valence-electron chi connectivity index (χ0n) is 7.47. The highest BCUT2D eigenvalue weighted by Gasteiger charge is 1.99. The van der Waals surface area contributed by atoms with Crippen molar-refractivity contribution in [2.24, 2.45) is 0 Å². The molecule has 0 unspecified atom stereocenters. The third-order valence-electron chi connectivity index (χ3n) is 1.62. The first-order chi connectivity index (χ1) is 5.76. The number of hydrogen-bond acceptors (Lipinski definition) is 2. The van der Waals surface area contributed by atoms with E-state index in [4.69, 9.17) is 0 Å². The summed E-state index contributed by atoms with van der Waals surface area (Å²) in [6.07, 6.45) is 3.07. The Morgan fingerprint density at radius 1 is 1.33 bits per heavy atom. The molecule has 66 valence electrons. The summed E-state index contributed by atoms with van der Waals surface area (Å²) in [7, 11) is 0. The number of nitrogens with zero attached hydrogens (tertiary/aromatic N) is 2. The van der Waals surface area contributed by atoms with E-state index in [0.29, 0.717) is 0 Å². The van der Waals surface area contributed by atoms with Gasteiger partial charge < -0.3 is 0 Å². The van der Waals surface area contributed by atoms with E-state index in [2.05, 4.69) is 39.7 Å². The maximum Gasteiger partial charge on any atom is 0.129 e. The Bertz CT molecular complexity index is 261. The Labute approximate surface area is 81.6 Å². The highest BCUT2D eigenvalue weighted by molar-refractivity contribution is 9.10. The molecule has 0 N–H and O–H groups in total. The molecule has 1 rings (SSSR count). The molecule has 12 heavy (non-hydrogen) atoms. The molecule has 2 nitrogen and oxygen atoms in total. The first-order valence-electron chi connectivity index (χ1n) is 4.28. The fourth-order valence-electron chi connectivity index (χ4n) is 1.06. The van der Waals surface area contributed by atoms with Gasteiger partial charge in [0.15, 0.2) is 0 Å². The van der Waals surface area contributed by atoms with Gasteiger partial charge in [-0.25, -0.2) is 9.97 Å². The summed E-state index contributed by atoms with van der Waals surface area (Å²) in [4.78, 5) is 8.64. The Balaban J connectivity index is 2.90.